The Morgan fingerprint density at radius 1 is 1.22 bits per heavy atom. The van der Waals surface area contributed by atoms with Gasteiger partial charge in [0.25, 0.3) is 0 Å². The third-order valence-corrected chi connectivity index (χ3v) is 3.18. The first-order valence-electron chi connectivity index (χ1n) is 6.19. The maximum absolute atomic E-state index is 9.15. The van der Waals surface area contributed by atoms with Gasteiger partial charge < -0.3 is 15.7 Å². The SMILES string of the molecule is Nc1nc2ccccc2nc1N(CCO)C1CC1. The van der Waals surface area contributed by atoms with Gasteiger partial charge >= 0.3 is 0 Å². The monoisotopic (exact) mass is 244 g/mol. The number of para-hydroxylation sites is 2. The molecule has 1 fully saturated rings. The minimum atomic E-state index is 0.102. The van der Waals surface area contributed by atoms with E-state index in [1.165, 1.54) is 0 Å². The Hall–Kier alpha value is -1.88. The number of anilines is 2. The Labute approximate surface area is 105 Å². The standard InChI is InChI=1S/C13H16N4O/c14-12-13(17(7-8-18)9-5-6-9)16-11-4-2-1-3-10(11)15-12/h1-4,9,18H,5-8H2,(H2,14,15). The van der Waals surface area contributed by atoms with Crippen LogP contribution in [0.3, 0.4) is 0 Å². The highest BCUT2D eigenvalue weighted by atomic mass is 16.3. The predicted octanol–water partition coefficient (Wildman–Crippen LogP) is 1.17. The van der Waals surface area contributed by atoms with E-state index in [0.717, 1.165) is 23.9 Å². The highest BCUT2D eigenvalue weighted by molar-refractivity contribution is 5.79. The first kappa shape index (κ1) is 11.2. The molecule has 0 aliphatic heterocycles. The van der Waals surface area contributed by atoms with Gasteiger partial charge in [-0.3, -0.25) is 0 Å². The Bertz CT molecular complexity index is 568. The number of benzene rings is 1. The fourth-order valence-electron chi connectivity index (χ4n) is 2.17. The molecule has 0 atom stereocenters. The van der Waals surface area contributed by atoms with Gasteiger partial charge in [0.2, 0.25) is 0 Å². The number of aliphatic hydroxyl groups excluding tert-OH is 1. The molecular formula is C13H16N4O. The Kier molecular flexibility index (Phi) is 2.76. The molecule has 0 amide bonds. The summed E-state index contributed by atoms with van der Waals surface area (Å²) in [5.41, 5.74) is 7.63. The number of fused-ring (bicyclic) bond motifs is 1. The minimum absolute atomic E-state index is 0.102. The lowest BCUT2D eigenvalue weighted by molar-refractivity contribution is 0.301. The van der Waals surface area contributed by atoms with Crippen molar-refractivity contribution in [3.8, 4) is 0 Å². The molecule has 1 aliphatic carbocycles. The van der Waals surface area contributed by atoms with Crippen LogP contribution in [0.4, 0.5) is 11.6 Å². The van der Waals surface area contributed by atoms with E-state index in [1.54, 1.807) is 0 Å². The van der Waals surface area contributed by atoms with Crippen molar-refractivity contribution in [2.75, 3.05) is 23.8 Å². The van der Waals surface area contributed by atoms with Gasteiger partial charge in [0.15, 0.2) is 11.6 Å². The maximum Gasteiger partial charge on any atom is 0.172 e. The van der Waals surface area contributed by atoms with E-state index in [0.29, 0.717) is 24.2 Å². The third kappa shape index (κ3) is 1.97. The Morgan fingerprint density at radius 3 is 2.50 bits per heavy atom. The van der Waals surface area contributed by atoms with E-state index in [1.807, 2.05) is 24.3 Å². The van der Waals surface area contributed by atoms with Gasteiger partial charge in [-0.25, -0.2) is 9.97 Å². The van der Waals surface area contributed by atoms with Crippen molar-refractivity contribution in [1.82, 2.24) is 9.97 Å². The van der Waals surface area contributed by atoms with Gasteiger partial charge in [-0.05, 0) is 25.0 Å². The Morgan fingerprint density at radius 2 is 1.89 bits per heavy atom. The van der Waals surface area contributed by atoms with E-state index < -0.39 is 0 Å². The van der Waals surface area contributed by atoms with Gasteiger partial charge in [0.05, 0.1) is 17.6 Å². The lowest BCUT2D eigenvalue weighted by Crippen LogP contribution is -2.30. The number of hydrogen-bond acceptors (Lipinski definition) is 5. The average Bonchev–Trinajstić information content (AvgIpc) is 3.20. The fourth-order valence-corrected chi connectivity index (χ4v) is 2.17. The van der Waals surface area contributed by atoms with E-state index >= 15 is 0 Å². The second kappa shape index (κ2) is 4.42. The van der Waals surface area contributed by atoms with Crippen molar-refractivity contribution < 1.29 is 5.11 Å². The molecule has 94 valence electrons. The lowest BCUT2D eigenvalue weighted by Gasteiger charge is -2.23. The summed E-state index contributed by atoms with van der Waals surface area (Å²) in [5, 5.41) is 9.15. The molecule has 2 aromatic rings. The second-order valence-corrected chi connectivity index (χ2v) is 4.57. The molecule has 5 heteroatoms. The molecule has 0 unspecified atom stereocenters. The molecule has 1 heterocycles. The number of aromatic nitrogens is 2. The predicted molar refractivity (Wildman–Crippen MR) is 71.4 cm³/mol. The van der Waals surface area contributed by atoms with Gasteiger partial charge in [0, 0.05) is 12.6 Å². The van der Waals surface area contributed by atoms with E-state index in [9.17, 15) is 0 Å². The summed E-state index contributed by atoms with van der Waals surface area (Å²) in [6.07, 6.45) is 2.27. The second-order valence-electron chi connectivity index (χ2n) is 4.57. The highest BCUT2D eigenvalue weighted by Crippen LogP contribution is 2.33. The lowest BCUT2D eigenvalue weighted by atomic mass is 10.3. The first-order chi connectivity index (χ1) is 8.79. The number of nitrogens with two attached hydrogens (primary N) is 1. The number of nitrogen functional groups attached to an aromatic ring is 1. The zero-order valence-electron chi connectivity index (χ0n) is 10.1. The normalized spacial score (nSPS) is 14.9. The molecule has 5 nitrogen and oxygen atoms in total. The van der Waals surface area contributed by atoms with E-state index in [2.05, 4.69) is 14.9 Å². The van der Waals surface area contributed by atoms with Crippen molar-refractivity contribution in [1.29, 1.82) is 0 Å². The van der Waals surface area contributed by atoms with Crippen LogP contribution in [0.5, 0.6) is 0 Å². The highest BCUT2D eigenvalue weighted by Gasteiger charge is 2.31. The molecule has 1 aromatic carbocycles. The summed E-state index contributed by atoms with van der Waals surface area (Å²) >= 11 is 0. The molecule has 18 heavy (non-hydrogen) atoms. The zero-order chi connectivity index (χ0) is 12.5. The van der Waals surface area contributed by atoms with Gasteiger partial charge in [-0.2, -0.15) is 0 Å². The van der Waals surface area contributed by atoms with Gasteiger partial charge in [0.1, 0.15) is 0 Å². The van der Waals surface area contributed by atoms with Crippen molar-refractivity contribution in [3.05, 3.63) is 24.3 Å². The van der Waals surface area contributed by atoms with Crippen LogP contribution in [-0.4, -0.2) is 34.3 Å². The zero-order valence-corrected chi connectivity index (χ0v) is 10.1. The van der Waals surface area contributed by atoms with Crippen molar-refractivity contribution in [2.45, 2.75) is 18.9 Å². The van der Waals surface area contributed by atoms with Crippen molar-refractivity contribution in [3.63, 3.8) is 0 Å². The fraction of sp³-hybridized carbons (Fsp3) is 0.385. The molecule has 1 saturated carbocycles. The molecular weight excluding hydrogens is 228 g/mol. The van der Waals surface area contributed by atoms with Crippen LogP contribution < -0.4 is 10.6 Å². The van der Waals surface area contributed by atoms with Crippen LogP contribution in [0, 0.1) is 0 Å². The molecule has 0 spiro atoms. The van der Waals surface area contributed by atoms with Crippen LogP contribution in [0.25, 0.3) is 11.0 Å². The topological polar surface area (TPSA) is 75.3 Å². The van der Waals surface area contributed by atoms with Gasteiger partial charge in [-0.15, -0.1) is 0 Å². The molecule has 0 bridgehead atoms. The van der Waals surface area contributed by atoms with E-state index in [4.69, 9.17) is 10.8 Å². The van der Waals surface area contributed by atoms with Gasteiger partial charge in [-0.1, -0.05) is 12.1 Å². The number of aliphatic hydroxyl groups is 1. The number of nitrogens with zero attached hydrogens (tertiary/aromatic N) is 3. The van der Waals surface area contributed by atoms with Crippen molar-refractivity contribution in [2.24, 2.45) is 0 Å². The minimum Gasteiger partial charge on any atom is -0.395 e. The molecule has 3 rings (SSSR count). The molecule has 1 aromatic heterocycles. The number of hydrogen-bond donors (Lipinski definition) is 2. The summed E-state index contributed by atoms with van der Waals surface area (Å²) in [4.78, 5) is 11.0. The molecule has 3 N–H and O–H groups in total. The first-order valence-corrected chi connectivity index (χ1v) is 6.19. The molecule has 0 saturated heterocycles. The summed E-state index contributed by atoms with van der Waals surface area (Å²) in [6, 6.07) is 8.13. The summed E-state index contributed by atoms with van der Waals surface area (Å²) in [7, 11) is 0. The van der Waals surface area contributed by atoms with Crippen LogP contribution in [-0.2, 0) is 0 Å². The molecule has 0 radical (unpaired) electrons. The molecule has 1 aliphatic rings. The van der Waals surface area contributed by atoms with Crippen LogP contribution in [0.2, 0.25) is 0 Å². The summed E-state index contributed by atoms with van der Waals surface area (Å²) in [6.45, 7) is 0.659. The largest absolute Gasteiger partial charge is 0.395 e. The van der Waals surface area contributed by atoms with Crippen LogP contribution in [0.15, 0.2) is 24.3 Å². The van der Waals surface area contributed by atoms with Crippen LogP contribution >= 0.6 is 0 Å². The van der Waals surface area contributed by atoms with Crippen LogP contribution in [0.1, 0.15) is 12.8 Å². The summed E-state index contributed by atoms with van der Waals surface area (Å²) < 4.78 is 0. The van der Waals surface area contributed by atoms with E-state index in [-0.39, 0.29) is 6.61 Å². The van der Waals surface area contributed by atoms with Crippen molar-refractivity contribution >= 4 is 22.7 Å². The number of rotatable bonds is 4. The summed E-state index contributed by atoms with van der Waals surface area (Å²) in [5.74, 6) is 1.14. The smallest absolute Gasteiger partial charge is 0.172 e. The quantitative estimate of drug-likeness (QED) is 0.844. The third-order valence-electron chi connectivity index (χ3n) is 3.18. The average molecular weight is 244 g/mol. The maximum atomic E-state index is 9.15. The Balaban J connectivity index is 2.06.